The lowest BCUT2D eigenvalue weighted by Gasteiger charge is -2.39. The van der Waals surface area contributed by atoms with Gasteiger partial charge in [-0.25, -0.2) is 9.18 Å². The molecule has 0 bridgehead atoms. The summed E-state index contributed by atoms with van der Waals surface area (Å²) in [4.78, 5) is 25.9. The van der Waals surface area contributed by atoms with Crippen LogP contribution in [0.1, 0.15) is 63.1 Å². The van der Waals surface area contributed by atoms with Gasteiger partial charge in [0.1, 0.15) is 35.3 Å². The van der Waals surface area contributed by atoms with Crippen LogP contribution in [0, 0.1) is 5.82 Å². The van der Waals surface area contributed by atoms with Gasteiger partial charge in [0.05, 0.1) is 46.2 Å². The normalized spacial score (nSPS) is 16.1. The fourth-order valence-electron chi connectivity index (χ4n) is 5.73. The van der Waals surface area contributed by atoms with Crippen molar-refractivity contribution in [3.8, 4) is 17.2 Å². The number of nitrogens with one attached hydrogen (secondary N) is 1. The number of rotatable bonds is 17. The number of ether oxygens (including phenoxy) is 6. The fourth-order valence-corrected chi connectivity index (χ4v) is 5.73. The van der Waals surface area contributed by atoms with Gasteiger partial charge in [0, 0.05) is 37.9 Å². The van der Waals surface area contributed by atoms with E-state index in [2.05, 4.69) is 5.32 Å². The van der Waals surface area contributed by atoms with Crippen LogP contribution < -0.4 is 19.5 Å². The maximum absolute atomic E-state index is 14.0. The molecule has 0 spiro atoms. The van der Waals surface area contributed by atoms with E-state index in [1.165, 1.54) is 19.1 Å². The minimum Gasteiger partial charge on any atom is -0.496 e. The van der Waals surface area contributed by atoms with Crippen molar-refractivity contribution in [1.29, 1.82) is 0 Å². The first-order chi connectivity index (χ1) is 24.0. The van der Waals surface area contributed by atoms with Crippen molar-refractivity contribution in [2.75, 3.05) is 53.2 Å². The van der Waals surface area contributed by atoms with Gasteiger partial charge >= 0.3 is 6.09 Å². The third-order valence-corrected chi connectivity index (χ3v) is 8.13. The SMILES string of the molecule is COc1ccccc1COCCCOc1ccc(C2CCN(C(=O)OC(C)(C)C)CC2OCCOc2ccc(F)cc2CCNC(C)=O)cc1. The van der Waals surface area contributed by atoms with Crippen LogP contribution in [0.5, 0.6) is 17.2 Å². The van der Waals surface area contributed by atoms with Crippen LogP contribution >= 0.6 is 0 Å². The van der Waals surface area contributed by atoms with E-state index in [-0.39, 0.29) is 43.1 Å². The molecule has 10 nitrogen and oxygen atoms in total. The minimum atomic E-state index is -0.609. The van der Waals surface area contributed by atoms with E-state index in [4.69, 9.17) is 28.4 Å². The number of hydrogen-bond donors (Lipinski definition) is 1. The number of halogens is 1. The Labute approximate surface area is 295 Å². The predicted octanol–water partition coefficient (Wildman–Crippen LogP) is 6.69. The summed E-state index contributed by atoms with van der Waals surface area (Å²) in [5.41, 5.74) is 2.15. The summed E-state index contributed by atoms with van der Waals surface area (Å²) < 4.78 is 49.1. The Morgan fingerprint density at radius 2 is 1.70 bits per heavy atom. The van der Waals surface area contributed by atoms with Crippen LogP contribution in [0.3, 0.4) is 0 Å². The standard InChI is InChI=1S/C39H51FN2O8/c1-28(43)41-19-17-30-25-32(40)13-16-36(30)48-23-24-49-37-26-42(38(44)50-39(2,3)4)20-18-34(37)29-11-14-33(15-12-29)47-22-8-21-46-27-31-9-6-7-10-35(31)45-5/h6-7,9-16,25,34,37H,8,17-24,26-27H2,1-5H3,(H,41,43). The summed E-state index contributed by atoms with van der Waals surface area (Å²) in [6.07, 6.45) is 1.19. The number of benzene rings is 3. The third kappa shape index (κ3) is 12.5. The van der Waals surface area contributed by atoms with E-state index in [0.717, 1.165) is 29.0 Å². The van der Waals surface area contributed by atoms with Crippen molar-refractivity contribution in [3.05, 3.63) is 89.2 Å². The zero-order valence-electron chi connectivity index (χ0n) is 29.9. The molecular weight excluding hydrogens is 643 g/mol. The molecule has 4 rings (SSSR count). The molecular formula is C39H51FN2O8. The second-order valence-corrected chi connectivity index (χ2v) is 13.2. The highest BCUT2D eigenvalue weighted by Crippen LogP contribution is 2.32. The Kier molecular flexibility index (Phi) is 14.7. The van der Waals surface area contributed by atoms with Crippen LogP contribution in [-0.2, 0) is 32.0 Å². The molecule has 1 aliphatic heterocycles. The molecule has 1 heterocycles. The summed E-state index contributed by atoms with van der Waals surface area (Å²) in [5, 5.41) is 2.73. The van der Waals surface area contributed by atoms with Crippen molar-refractivity contribution in [3.63, 3.8) is 0 Å². The van der Waals surface area contributed by atoms with E-state index >= 15 is 0 Å². The van der Waals surface area contributed by atoms with Crippen molar-refractivity contribution in [1.82, 2.24) is 10.2 Å². The highest BCUT2D eigenvalue weighted by Gasteiger charge is 2.35. The first-order valence-electron chi connectivity index (χ1n) is 17.2. The number of amides is 2. The molecule has 1 aliphatic rings. The zero-order chi connectivity index (χ0) is 35.9. The molecule has 0 radical (unpaired) electrons. The lowest BCUT2D eigenvalue weighted by molar-refractivity contribution is -0.118. The van der Waals surface area contributed by atoms with Gasteiger partial charge in [-0.3, -0.25) is 4.79 Å². The summed E-state index contributed by atoms with van der Waals surface area (Å²) in [6, 6.07) is 20.2. The van der Waals surface area contributed by atoms with Crippen LogP contribution in [0.25, 0.3) is 0 Å². The zero-order valence-corrected chi connectivity index (χ0v) is 29.9. The smallest absolute Gasteiger partial charge is 0.410 e. The number of hydrogen-bond acceptors (Lipinski definition) is 8. The number of nitrogens with zero attached hydrogens (tertiary/aromatic N) is 1. The largest absolute Gasteiger partial charge is 0.496 e. The number of piperidine rings is 1. The van der Waals surface area contributed by atoms with Gasteiger partial charge in [0.25, 0.3) is 0 Å². The molecule has 0 aromatic heterocycles. The predicted molar refractivity (Wildman–Crippen MR) is 188 cm³/mol. The number of carbonyl (C=O) groups excluding carboxylic acids is 2. The van der Waals surface area contributed by atoms with E-state index in [1.807, 2.05) is 69.3 Å². The van der Waals surface area contributed by atoms with Crippen LogP contribution in [0.15, 0.2) is 66.7 Å². The molecule has 2 unspecified atom stereocenters. The molecule has 1 fully saturated rings. The first-order valence-corrected chi connectivity index (χ1v) is 17.2. The van der Waals surface area contributed by atoms with Gasteiger partial charge in [0.15, 0.2) is 0 Å². The molecule has 0 aliphatic carbocycles. The highest BCUT2D eigenvalue weighted by atomic mass is 19.1. The Hall–Kier alpha value is -4.35. The van der Waals surface area contributed by atoms with Crippen molar-refractivity contribution >= 4 is 12.0 Å². The van der Waals surface area contributed by atoms with Crippen molar-refractivity contribution < 1.29 is 42.4 Å². The van der Waals surface area contributed by atoms with Gasteiger partial charge in [-0.1, -0.05) is 30.3 Å². The van der Waals surface area contributed by atoms with Crippen LogP contribution in [-0.4, -0.2) is 81.8 Å². The second-order valence-electron chi connectivity index (χ2n) is 13.2. The molecule has 1 saturated heterocycles. The number of para-hydroxylation sites is 1. The first kappa shape index (κ1) is 38.5. The topological polar surface area (TPSA) is 105 Å². The lowest BCUT2D eigenvalue weighted by Crippen LogP contribution is -2.48. The molecule has 11 heteroatoms. The average Bonchev–Trinajstić information content (AvgIpc) is 3.08. The maximum atomic E-state index is 14.0. The highest BCUT2D eigenvalue weighted by molar-refractivity contribution is 5.72. The number of methoxy groups -OCH3 is 1. The lowest BCUT2D eigenvalue weighted by atomic mass is 9.87. The Balaban J connectivity index is 1.31. The van der Waals surface area contributed by atoms with Crippen LogP contribution in [0.2, 0.25) is 0 Å². The van der Waals surface area contributed by atoms with E-state index in [1.54, 1.807) is 18.1 Å². The second kappa shape index (κ2) is 19.2. The summed E-state index contributed by atoms with van der Waals surface area (Å²) in [7, 11) is 1.65. The van der Waals surface area contributed by atoms with Gasteiger partial charge in [0.2, 0.25) is 5.91 Å². The molecule has 3 aromatic carbocycles. The van der Waals surface area contributed by atoms with E-state index < -0.39 is 5.60 Å². The minimum absolute atomic E-state index is 0.0325. The molecule has 2 amide bonds. The molecule has 1 N–H and O–H groups in total. The Morgan fingerprint density at radius 3 is 2.44 bits per heavy atom. The van der Waals surface area contributed by atoms with Gasteiger partial charge in [-0.2, -0.15) is 0 Å². The Bertz CT molecular complexity index is 1510. The molecule has 50 heavy (non-hydrogen) atoms. The maximum Gasteiger partial charge on any atom is 0.410 e. The molecule has 2 atom stereocenters. The van der Waals surface area contributed by atoms with Crippen molar-refractivity contribution in [2.45, 2.75) is 71.2 Å². The summed E-state index contributed by atoms with van der Waals surface area (Å²) in [6.45, 7) is 10.3. The quantitative estimate of drug-likeness (QED) is 0.156. The molecule has 3 aromatic rings. The van der Waals surface area contributed by atoms with Crippen molar-refractivity contribution in [2.24, 2.45) is 0 Å². The summed E-state index contributed by atoms with van der Waals surface area (Å²) in [5.74, 6) is 1.63. The number of carbonyl (C=O) groups is 2. The molecule has 0 saturated carbocycles. The van der Waals surface area contributed by atoms with E-state index in [0.29, 0.717) is 63.6 Å². The van der Waals surface area contributed by atoms with E-state index in [9.17, 15) is 14.0 Å². The van der Waals surface area contributed by atoms with Gasteiger partial charge in [-0.05, 0) is 81.1 Å². The average molecular weight is 695 g/mol. The molecule has 272 valence electrons. The third-order valence-electron chi connectivity index (χ3n) is 8.13. The fraction of sp³-hybridized carbons (Fsp3) is 0.487. The van der Waals surface area contributed by atoms with Crippen LogP contribution in [0.4, 0.5) is 9.18 Å². The number of likely N-dealkylation sites (tertiary alicyclic amines) is 1. The van der Waals surface area contributed by atoms with Gasteiger partial charge < -0.3 is 38.6 Å². The Morgan fingerprint density at radius 1 is 0.920 bits per heavy atom. The van der Waals surface area contributed by atoms with Gasteiger partial charge in [-0.15, -0.1) is 0 Å². The summed E-state index contributed by atoms with van der Waals surface area (Å²) >= 11 is 0. The monoisotopic (exact) mass is 694 g/mol.